The van der Waals surface area contributed by atoms with Crippen molar-refractivity contribution in [2.75, 3.05) is 48.3 Å². The molecule has 0 amide bonds. The van der Waals surface area contributed by atoms with E-state index in [1.807, 2.05) is 19.0 Å². The number of fused-ring (bicyclic) bond motifs is 1. The first-order valence-corrected chi connectivity index (χ1v) is 10.3. The molecular formula is C23H28N2O8. The maximum absolute atomic E-state index is 13.2. The number of hydrogen-bond donors (Lipinski definition) is 1. The monoisotopic (exact) mass is 460 g/mol. The third kappa shape index (κ3) is 4.65. The highest BCUT2D eigenvalue weighted by Crippen LogP contribution is 2.46. The molecule has 0 fully saturated rings. The zero-order valence-electron chi connectivity index (χ0n) is 19.6. The van der Waals surface area contributed by atoms with Crippen LogP contribution >= 0.6 is 0 Å². The van der Waals surface area contributed by atoms with Crippen molar-refractivity contribution < 1.29 is 38.1 Å². The molecule has 33 heavy (non-hydrogen) atoms. The van der Waals surface area contributed by atoms with Crippen LogP contribution in [0.25, 0.3) is 0 Å². The van der Waals surface area contributed by atoms with E-state index in [-0.39, 0.29) is 35.9 Å². The number of hydrogen-bond acceptors (Lipinski definition) is 10. The fraction of sp³-hybridized carbons (Fsp3) is 0.435. The molecule has 2 aliphatic rings. The van der Waals surface area contributed by atoms with Gasteiger partial charge < -0.3 is 33.9 Å². The van der Waals surface area contributed by atoms with E-state index in [4.69, 9.17) is 23.7 Å². The Labute approximate surface area is 192 Å². The topological polar surface area (TPSA) is 113 Å². The third-order valence-electron chi connectivity index (χ3n) is 5.43. The summed E-state index contributed by atoms with van der Waals surface area (Å²) in [4.78, 5) is 40.8. The number of rotatable bonds is 7. The maximum atomic E-state index is 13.2. The van der Waals surface area contributed by atoms with E-state index in [1.165, 1.54) is 14.2 Å². The Balaban J connectivity index is 2.20. The number of benzene rings is 1. The Kier molecular flexibility index (Phi) is 7.27. The number of esters is 3. The minimum Gasteiger partial charge on any atom is -0.466 e. The third-order valence-corrected chi connectivity index (χ3v) is 5.43. The summed E-state index contributed by atoms with van der Waals surface area (Å²) >= 11 is 0. The molecule has 1 N–H and O–H groups in total. The molecule has 1 aromatic carbocycles. The highest BCUT2D eigenvalue weighted by molar-refractivity contribution is 6.03. The van der Waals surface area contributed by atoms with Crippen LogP contribution in [0.15, 0.2) is 34.7 Å². The molecule has 1 unspecified atom stereocenters. The van der Waals surface area contributed by atoms with E-state index in [9.17, 15) is 14.4 Å². The molecule has 0 radical (unpaired) electrons. The predicted molar refractivity (Wildman–Crippen MR) is 117 cm³/mol. The molecule has 178 valence electrons. The van der Waals surface area contributed by atoms with Crippen LogP contribution in [0.1, 0.15) is 35.7 Å². The summed E-state index contributed by atoms with van der Waals surface area (Å²) < 4.78 is 26.5. The normalized spacial score (nSPS) is 17.1. The molecule has 2 aliphatic heterocycles. The number of dihydropyridines is 1. The standard InChI is InChI=1S/C23H28N2O8/c1-12-16(21(26)29-5)18(17(13(2)24-12)23(28)31-10-9-25(3)4)14-7-8-15-20(33-11-32-15)19(14)22(27)30-6/h7-8,18,24H,9-11H2,1-6H3. The smallest absolute Gasteiger partial charge is 0.342 e. The summed E-state index contributed by atoms with van der Waals surface area (Å²) in [5.41, 5.74) is 1.75. The van der Waals surface area contributed by atoms with Gasteiger partial charge in [-0.2, -0.15) is 0 Å². The van der Waals surface area contributed by atoms with Crippen molar-refractivity contribution in [2.24, 2.45) is 0 Å². The number of nitrogens with zero attached hydrogens (tertiary/aromatic N) is 1. The molecule has 0 aliphatic carbocycles. The minimum absolute atomic E-state index is 0.0674. The van der Waals surface area contributed by atoms with Crippen molar-refractivity contribution in [1.29, 1.82) is 0 Å². The first-order valence-electron chi connectivity index (χ1n) is 10.3. The lowest BCUT2D eigenvalue weighted by Gasteiger charge is -2.31. The fourth-order valence-corrected chi connectivity index (χ4v) is 3.90. The van der Waals surface area contributed by atoms with E-state index in [1.54, 1.807) is 26.0 Å². The summed E-state index contributed by atoms with van der Waals surface area (Å²) in [6, 6.07) is 3.24. The van der Waals surface area contributed by atoms with Gasteiger partial charge in [0.2, 0.25) is 6.79 Å². The van der Waals surface area contributed by atoms with Gasteiger partial charge in [0.1, 0.15) is 12.2 Å². The summed E-state index contributed by atoms with van der Waals surface area (Å²) in [5.74, 6) is -2.36. The molecule has 1 atom stereocenters. The molecule has 0 spiro atoms. The van der Waals surface area contributed by atoms with Gasteiger partial charge in [-0.3, -0.25) is 0 Å². The average Bonchev–Trinajstić information content (AvgIpc) is 3.25. The first-order chi connectivity index (χ1) is 15.7. The van der Waals surface area contributed by atoms with Gasteiger partial charge >= 0.3 is 17.9 Å². The predicted octanol–water partition coefficient (Wildman–Crippen LogP) is 1.71. The van der Waals surface area contributed by atoms with Crippen LogP contribution in [0.5, 0.6) is 11.5 Å². The van der Waals surface area contributed by atoms with Crippen molar-refractivity contribution in [1.82, 2.24) is 10.2 Å². The van der Waals surface area contributed by atoms with Gasteiger partial charge in [-0.1, -0.05) is 6.07 Å². The number of methoxy groups -OCH3 is 2. The molecule has 0 saturated heterocycles. The highest BCUT2D eigenvalue weighted by Gasteiger charge is 2.41. The molecule has 0 bridgehead atoms. The fourth-order valence-electron chi connectivity index (χ4n) is 3.90. The summed E-state index contributed by atoms with van der Waals surface area (Å²) in [6.45, 7) is 4.00. The molecule has 0 saturated carbocycles. The van der Waals surface area contributed by atoms with Gasteiger partial charge in [-0.15, -0.1) is 0 Å². The largest absolute Gasteiger partial charge is 0.466 e. The Bertz CT molecular complexity index is 1040. The Hall–Kier alpha value is -3.53. The molecule has 10 nitrogen and oxygen atoms in total. The second kappa shape index (κ2) is 9.95. The average molecular weight is 460 g/mol. The highest BCUT2D eigenvalue weighted by atomic mass is 16.7. The number of carbonyl (C=O) groups is 3. The van der Waals surface area contributed by atoms with Gasteiger partial charge in [0, 0.05) is 17.9 Å². The lowest BCUT2D eigenvalue weighted by molar-refractivity contribution is -0.139. The van der Waals surface area contributed by atoms with E-state index >= 15 is 0 Å². The van der Waals surface area contributed by atoms with Gasteiger partial charge in [0.15, 0.2) is 11.5 Å². The van der Waals surface area contributed by atoms with Crippen LogP contribution in [0.3, 0.4) is 0 Å². The number of ether oxygens (including phenoxy) is 5. The number of nitrogens with one attached hydrogen (secondary N) is 1. The molecule has 1 aromatic rings. The Morgan fingerprint density at radius 2 is 1.64 bits per heavy atom. The van der Waals surface area contributed by atoms with Gasteiger partial charge in [-0.25, -0.2) is 14.4 Å². The second-order valence-corrected chi connectivity index (χ2v) is 7.82. The lowest BCUT2D eigenvalue weighted by Crippen LogP contribution is -2.33. The van der Waals surface area contributed by atoms with Crippen molar-refractivity contribution in [2.45, 2.75) is 19.8 Å². The van der Waals surface area contributed by atoms with Gasteiger partial charge in [0.25, 0.3) is 0 Å². The summed E-state index contributed by atoms with van der Waals surface area (Å²) in [6.07, 6.45) is 0. The van der Waals surface area contributed by atoms with Crippen LogP contribution in [-0.4, -0.2) is 71.1 Å². The van der Waals surface area contributed by atoms with Crippen molar-refractivity contribution in [3.63, 3.8) is 0 Å². The second-order valence-electron chi connectivity index (χ2n) is 7.82. The van der Waals surface area contributed by atoms with Crippen molar-refractivity contribution >= 4 is 17.9 Å². The van der Waals surface area contributed by atoms with Crippen LogP contribution in [0.4, 0.5) is 0 Å². The summed E-state index contributed by atoms with van der Waals surface area (Å²) in [7, 11) is 6.21. The van der Waals surface area contributed by atoms with Crippen LogP contribution in [-0.2, 0) is 23.8 Å². The summed E-state index contributed by atoms with van der Waals surface area (Å²) in [5, 5.41) is 3.06. The zero-order valence-corrected chi connectivity index (χ0v) is 19.6. The van der Waals surface area contributed by atoms with Crippen molar-refractivity contribution in [3.05, 3.63) is 45.8 Å². The first kappa shape index (κ1) is 24.1. The lowest BCUT2D eigenvalue weighted by atomic mass is 9.78. The van der Waals surface area contributed by atoms with Crippen LogP contribution in [0.2, 0.25) is 0 Å². The molecule has 3 rings (SSSR count). The SMILES string of the molecule is COC(=O)C1=C(C)NC(C)=C(C(=O)OCCN(C)C)C1c1ccc2c(c1C(=O)OC)OCO2. The van der Waals surface area contributed by atoms with Crippen LogP contribution < -0.4 is 14.8 Å². The Morgan fingerprint density at radius 3 is 2.24 bits per heavy atom. The molecule has 0 aromatic heterocycles. The van der Waals surface area contributed by atoms with Gasteiger partial charge in [-0.05, 0) is 39.6 Å². The van der Waals surface area contributed by atoms with Crippen LogP contribution in [0, 0.1) is 0 Å². The maximum Gasteiger partial charge on any atom is 0.342 e. The van der Waals surface area contributed by atoms with Crippen molar-refractivity contribution in [3.8, 4) is 11.5 Å². The minimum atomic E-state index is -0.964. The van der Waals surface area contributed by atoms with E-state index in [2.05, 4.69) is 5.32 Å². The van der Waals surface area contributed by atoms with E-state index in [0.717, 1.165) is 0 Å². The number of allylic oxidation sites excluding steroid dienone is 2. The Morgan fingerprint density at radius 1 is 1.00 bits per heavy atom. The molecule has 10 heteroatoms. The molecular weight excluding hydrogens is 432 g/mol. The quantitative estimate of drug-likeness (QED) is 0.477. The van der Waals surface area contributed by atoms with E-state index in [0.29, 0.717) is 29.3 Å². The van der Waals surface area contributed by atoms with Gasteiger partial charge in [0.05, 0.1) is 31.3 Å². The molecule has 2 heterocycles. The number of carbonyl (C=O) groups excluding carboxylic acids is 3. The number of likely N-dealkylation sites (N-methyl/N-ethyl adjacent to an activating group) is 1. The van der Waals surface area contributed by atoms with E-state index < -0.39 is 23.8 Å². The zero-order chi connectivity index (χ0) is 24.3.